The summed E-state index contributed by atoms with van der Waals surface area (Å²) in [6.07, 6.45) is -0.0443. The number of halogens is 1. The number of nitro benzene ring substituents is 1. The Morgan fingerprint density at radius 3 is 2.62 bits per heavy atom. The predicted octanol–water partition coefficient (Wildman–Crippen LogP) is 3.37. The molecule has 24 heavy (non-hydrogen) atoms. The van der Waals surface area contributed by atoms with Gasteiger partial charge in [0.25, 0.3) is 11.6 Å². The van der Waals surface area contributed by atoms with E-state index in [0.717, 1.165) is 12.0 Å². The Balaban J connectivity index is 1.86. The Morgan fingerprint density at radius 2 is 2.00 bits per heavy atom. The Hall–Kier alpha value is -2.60. The number of hydrogen-bond donors (Lipinski definition) is 1. The molecule has 2 aromatic rings. The van der Waals surface area contributed by atoms with Gasteiger partial charge in [0.05, 0.1) is 9.95 Å². The van der Waals surface area contributed by atoms with Crippen LogP contribution in [0.3, 0.4) is 0 Å². The van der Waals surface area contributed by atoms with E-state index in [9.17, 15) is 14.9 Å². The molecule has 0 heterocycles. The van der Waals surface area contributed by atoms with Crippen molar-refractivity contribution in [2.24, 2.45) is 0 Å². The average Bonchev–Trinajstić information content (AvgIpc) is 2.57. The molecule has 0 spiro atoms. The quantitative estimate of drug-likeness (QED) is 0.614. The first-order valence-electron chi connectivity index (χ1n) is 7.39. The maximum absolute atomic E-state index is 12.0. The van der Waals surface area contributed by atoms with E-state index in [2.05, 4.69) is 5.32 Å². The second-order valence-electron chi connectivity index (χ2n) is 5.16. The number of amides is 1. The smallest absolute Gasteiger partial charge is 0.271 e. The van der Waals surface area contributed by atoms with Crippen LogP contribution in [-0.2, 0) is 11.2 Å². The summed E-state index contributed by atoms with van der Waals surface area (Å²) in [5, 5.41) is 13.5. The highest BCUT2D eigenvalue weighted by atomic mass is 35.5. The van der Waals surface area contributed by atoms with Crippen molar-refractivity contribution < 1.29 is 14.5 Å². The van der Waals surface area contributed by atoms with Crippen molar-refractivity contribution in [3.05, 3.63) is 69.2 Å². The zero-order valence-corrected chi connectivity index (χ0v) is 13.8. The van der Waals surface area contributed by atoms with Crippen LogP contribution in [0, 0.1) is 10.1 Å². The number of ether oxygens (including phenoxy) is 1. The first-order valence-corrected chi connectivity index (χ1v) is 7.77. The van der Waals surface area contributed by atoms with Gasteiger partial charge in [-0.05, 0) is 25.0 Å². The van der Waals surface area contributed by atoms with Crippen molar-refractivity contribution in [3.8, 4) is 5.75 Å². The monoisotopic (exact) mass is 348 g/mol. The molecule has 126 valence electrons. The summed E-state index contributed by atoms with van der Waals surface area (Å²) in [7, 11) is 0. The lowest BCUT2D eigenvalue weighted by Crippen LogP contribution is -2.37. The molecule has 0 fully saturated rings. The van der Waals surface area contributed by atoms with E-state index >= 15 is 0 Å². The highest BCUT2D eigenvalue weighted by molar-refractivity contribution is 6.32. The molecule has 7 heteroatoms. The maximum Gasteiger partial charge on any atom is 0.271 e. The van der Waals surface area contributed by atoms with Crippen molar-refractivity contribution in [2.75, 3.05) is 6.54 Å². The predicted molar refractivity (Wildman–Crippen MR) is 91.4 cm³/mol. The van der Waals surface area contributed by atoms with Crippen LogP contribution in [0.15, 0.2) is 48.5 Å². The van der Waals surface area contributed by atoms with E-state index in [1.165, 1.54) is 18.2 Å². The second kappa shape index (κ2) is 8.31. The fourth-order valence-corrected chi connectivity index (χ4v) is 2.28. The van der Waals surface area contributed by atoms with E-state index in [4.69, 9.17) is 16.3 Å². The standard InChI is InChI=1S/C17H17ClN2O4/c1-12(17(21)19-10-9-13-5-3-2-4-6-13)24-16-8-7-14(20(22)23)11-15(16)18/h2-8,11-12H,9-10H2,1H3,(H,19,21). The fraction of sp³-hybridized carbons (Fsp3) is 0.235. The van der Waals surface area contributed by atoms with Gasteiger partial charge in [0.15, 0.2) is 6.10 Å². The number of carbonyl (C=O) groups is 1. The number of carbonyl (C=O) groups excluding carboxylic acids is 1. The second-order valence-corrected chi connectivity index (χ2v) is 5.57. The molecule has 1 amide bonds. The molecule has 0 aliphatic carbocycles. The van der Waals surface area contributed by atoms with Crippen LogP contribution >= 0.6 is 11.6 Å². The minimum Gasteiger partial charge on any atom is -0.479 e. The highest BCUT2D eigenvalue weighted by Gasteiger charge is 2.17. The van der Waals surface area contributed by atoms with Crippen molar-refractivity contribution >= 4 is 23.2 Å². The molecule has 0 aromatic heterocycles. The molecule has 2 aromatic carbocycles. The van der Waals surface area contributed by atoms with Crippen LogP contribution in [0.4, 0.5) is 5.69 Å². The Kier molecular flexibility index (Phi) is 6.14. The molecule has 2 rings (SSSR count). The van der Waals surface area contributed by atoms with E-state index in [1.54, 1.807) is 6.92 Å². The summed E-state index contributed by atoms with van der Waals surface area (Å²) in [6.45, 7) is 2.08. The molecule has 1 atom stereocenters. The van der Waals surface area contributed by atoms with Gasteiger partial charge in [-0.1, -0.05) is 41.9 Å². The first-order chi connectivity index (χ1) is 11.5. The van der Waals surface area contributed by atoms with Crippen molar-refractivity contribution in [2.45, 2.75) is 19.4 Å². The summed E-state index contributed by atoms with van der Waals surface area (Å²) < 4.78 is 5.48. The highest BCUT2D eigenvalue weighted by Crippen LogP contribution is 2.29. The van der Waals surface area contributed by atoms with Gasteiger partial charge in [0, 0.05) is 18.7 Å². The number of nitro groups is 1. The van der Waals surface area contributed by atoms with Crippen LogP contribution in [0.2, 0.25) is 5.02 Å². The molecule has 0 aliphatic rings. The SMILES string of the molecule is CC(Oc1ccc([N+](=O)[O-])cc1Cl)C(=O)NCCc1ccccc1. The van der Waals surface area contributed by atoms with Gasteiger partial charge >= 0.3 is 0 Å². The Bertz CT molecular complexity index is 722. The molecule has 0 bridgehead atoms. The van der Waals surface area contributed by atoms with Crippen molar-refractivity contribution in [3.63, 3.8) is 0 Å². The van der Waals surface area contributed by atoms with Gasteiger partial charge in [-0.3, -0.25) is 14.9 Å². The lowest BCUT2D eigenvalue weighted by atomic mass is 10.1. The molecular weight excluding hydrogens is 332 g/mol. The van der Waals surface area contributed by atoms with Crippen LogP contribution in [0.1, 0.15) is 12.5 Å². The van der Waals surface area contributed by atoms with Gasteiger partial charge < -0.3 is 10.1 Å². The zero-order chi connectivity index (χ0) is 17.5. The molecule has 6 nitrogen and oxygen atoms in total. The van der Waals surface area contributed by atoms with Crippen molar-refractivity contribution in [1.29, 1.82) is 0 Å². The number of nitrogens with one attached hydrogen (secondary N) is 1. The topological polar surface area (TPSA) is 81.5 Å². The third-order valence-electron chi connectivity index (χ3n) is 3.35. The number of nitrogens with zero attached hydrogens (tertiary/aromatic N) is 1. The average molecular weight is 349 g/mol. The minimum absolute atomic E-state index is 0.0909. The molecule has 1 N–H and O–H groups in total. The lowest BCUT2D eigenvalue weighted by Gasteiger charge is -2.15. The number of non-ortho nitro benzene ring substituents is 1. The van der Waals surface area contributed by atoms with E-state index in [-0.39, 0.29) is 22.4 Å². The van der Waals surface area contributed by atoms with Gasteiger partial charge in [0.1, 0.15) is 5.75 Å². The maximum atomic E-state index is 12.0. The van der Waals surface area contributed by atoms with Gasteiger partial charge in [-0.25, -0.2) is 0 Å². The Morgan fingerprint density at radius 1 is 1.29 bits per heavy atom. The van der Waals surface area contributed by atoms with Gasteiger partial charge in [-0.15, -0.1) is 0 Å². The summed E-state index contributed by atoms with van der Waals surface area (Å²) in [5.41, 5.74) is 0.997. The summed E-state index contributed by atoms with van der Waals surface area (Å²) in [5.74, 6) is -0.0478. The molecule has 0 aliphatic heterocycles. The zero-order valence-electron chi connectivity index (χ0n) is 13.1. The third kappa shape index (κ3) is 4.96. The van der Waals surface area contributed by atoms with Crippen LogP contribution in [0.5, 0.6) is 5.75 Å². The van der Waals surface area contributed by atoms with Crippen LogP contribution in [0.25, 0.3) is 0 Å². The summed E-state index contributed by atoms with van der Waals surface area (Å²) in [6, 6.07) is 13.7. The van der Waals surface area contributed by atoms with Crippen LogP contribution < -0.4 is 10.1 Å². The molecule has 1 unspecified atom stereocenters. The lowest BCUT2D eigenvalue weighted by molar-refractivity contribution is -0.384. The number of benzene rings is 2. The normalized spacial score (nSPS) is 11.6. The van der Waals surface area contributed by atoms with Crippen molar-refractivity contribution in [1.82, 2.24) is 5.32 Å². The summed E-state index contributed by atoms with van der Waals surface area (Å²) >= 11 is 5.95. The molecule has 0 saturated carbocycles. The van der Waals surface area contributed by atoms with Crippen LogP contribution in [-0.4, -0.2) is 23.5 Å². The summed E-state index contributed by atoms with van der Waals surface area (Å²) in [4.78, 5) is 22.2. The molecule has 0 radical (unpaired) electrons. The third-order valence-corrected chi connectivity index (χ3v) is 3.65. The first kappa shape index (κ1) is 17.7. The van der Waals surface area contributed by atoms with Gasteiger partial charge in [-0.2, -0.15) is 0 Å². The molecular formula is C17H17ClN2O4. The van der Waals surface area contributed by atoms with E-state index in [0.29, 0.717) is 6.54 Å². The number of rotatable bonds is 7. The van der Waals surface area contributed by atoms with Gasteiger partial charge in [0.2, 0.25) is 0 Å². The molecule has 0 saturated heterocycles. The number of hydrogen-bond acceptors (Lipinski definition) is 4. The largest absolute Gasteiger partial charge is 0.479 e. The minimum atomic E-state index is -0.764. The van der Waals surface area contributed by atoms with E-state index in [1.807, 2.05) is 30.3 Å². The fourth-order valence-electron chi connectivity index (χ4n) is 2.06. The van der Waals surface area contributed by atoms with E-state index < -0.39 is 11.0 Å². The Labute approximate surface area is 144 Å².